The number of carboxylic acid groups (broad SMARTS) is 1. The van der Waals surface area contributed by atoms with E-state index in [1.165, 1.54) is 12.1 Å². The number of H-pyrrole nitrogens is 3. The summed E-state index contributed by atoms with van der Waals surface area (Å²) in [7, 11) is 0. The largest absolute Gasteiger partial charge is 0.508 e. The smallest absolute Gasteiger partial charge is 0.326 e. The third-order valence-electron chi connectivity index (χ3n) is 12.7. The molecule has 3 heterocycles. The van der Waals surface area contributed by atoms with Crippen molar-refractivity contribution in [3.8, 4) is 5.75 Å². The maximum absolute atomic E-state index is 14.9. The van der Waals surface area contributed by atoms with Crippen molar-refractivity contribution in [3.63, 3.8) is 0 Å². The van der Waals surface area contributed by atoms with Gasteiger partial charge in [-0.3, -0.25) is 24.0 Å². The van der Waals surface area contributed by atoms with Crippen LogP contribution in [0.5, 0.6) is 5.75 Å². The maximum atomic E-state index is 14.9. The molecule has 372 valence electrons. The molecule has 18 nitrogen and oxygen atoms in total. The average molecular weight is 967 g/mol. The topological polar surface area (TPSA) is 302 Å². The highest BCUT2D eigenvalue weighted by Crippen LogP contribution is 2.23. The third kappa shape index (κ3) is 13.0. The fourth-order valence-electron chi connectivity index (χ4n) is 8.77. The first-order valence-corrected chi connectivity index (χ1v) is 23.8. The van der Waals surface area contributed by atoms with E-state index >= 15 is 0 Å². The normalized spacial score (nSPS) is 14.0. The molecule has 14 N–H and O–H groups in total. The number of fused-ring (bicyclic) bond motifs is 3. The summed E-state index contributed by atoms with van der Waals surface area (Å²) < 4.78 is 0. The summed E-state index contributed by atoms with van der Waals surface area (Å²) in [6.45, 7) is 3.85. The molecule has 0 fully saturated rings. The van der Waals surface area contributed by atoms with E-state index in [1.807, 2.05) is 72.8 Å². The van der Waals surface area contributed by atoms with Crippen LogP contribution in [0.25, 0.3) is 32.7 Å². The lowest BCUT2D eigenvalue weighted by Crippen LogP contribution is -2.61. The minimum Gasteiger partial charge on any atom is -0.508 e. The van der Waals surface area contributed by atoms with Gasteiger partial charge < -0.3 is 63.2 Å². The molecule has 4 aromatic carbocycles. The zero-order chi connectivity index (χ0) is 50.6. The summed E-state index contributed by atoms with van der Waals surface area (Å²) in [6, 6.07) is 21.0. The predicted octanol–water partition coefficient (Wildman–Crippen LogP) is 3.73. The number of phenols is 1. The Kier molecular flexibility index (Phi) is 16.9. The van der Waals surface area contributed by atoms with Gasteiger partial charge in [0.05, 0.1) is 6.04 Å². The summed E-state index contributed by atoms with van der Waals surface area (Å²) >= 11 is 0. The van der Waals surface area contributed by atoms with E-state index in [0.717, 1.165) is 32.7 Å². The van der Waals surface area contributed by atoms with Crippen LogP contribution in [0.2, 0.25) is 0 Å². The summed E-state index contributed by atoms with van der Waals surface area (Å²) in [5.41, 5.74) is 16.9. The highest BCUT2D eigenvalue weighted by molar-refractivity contribution is 5.98. The number of amides is 5. The summed E-state index contributed by atoms with van der Waals surface area (Å²) in [5.74, 6) is -5.29. The molecule has 0 radical (unpaired) electrons. The van der Waals surface area contributed by atoms with E-state index < -0.39 is 77.7 Å². The molecule has 0 aliphatic rings. The van der Waals surface area contributed by atoms with Crippen molar-refractivity contribution in [2.45, 2.75) is 95.0 Å². The van der Waals surface area contributed by atoms with Crippen LogP contribution in [-0.2, 0) is 54.5 Å². The Labute approximate surface area is 410 Å². The highest BCUT2D eigenvalue weighted by atomic mass is 16.4. The number of aromatic hydroxyl groups is 1. The number of aromatic amines is 3. The molecule has 0 bridgehead atoms. The van der Waals surface area contributed by atoms with Crippen LogP contribution in [0, 0.1) is 5.92 Å². The van der Waals surface area contributed by atoms with Gasteiger partial charge in [0.1, 0.15) is 36.0 Å². The van der Waals surface area contributed by atoms with Gasteiger partial charge in [0.2, 0.25) is 29.5 Å². The number of aliphatic carboxylic acids is 1. The molecular formula is C53H62N10O8. The molecule has 0 saturated heterocycles. The number of nitrogens with one attached hydrogen (secondary N) is 8. The zero-order valence-electron chi connectivity index (χ0n) is 39.7. The van der Waals surface area contributed by atoms with Crippen LogP contribution in [0.4, 0.5) is 0 Å². The van der Waals surface area contributed by atoms with Gasteiger partial charge >= 0.3 is 5.97 Å². The first kappa shape index (κ1) is 50.9. The van der Waals surface area contributed by atoms with Gasteiger partial charge in [0.25, 0.3) is 0 Å². The van der Waals surface area contributed by atoms with Crippen LogP contribution < -0.4 is 38.1 Å². The number of hydrogen-bond donors (Lipinski definition) is 12. The second kappa shape index (κ2) is 23.6. The predicted molar refractivity (Wildman–Crippen MR) is 271 cm³/mol. The lowest BCUT2D eigenvalue weighted by molar-refractivity contribution is -0.142. The van der Waals surface area contributed by atoms with Crippen LogP contribution in [0.1, 0.15) is 55.4 Å². The quantitative estimate of drug-likeness (QED) is 0.0390. The minimum absolute atomic E-state index is 0.00802. The lowest BCUT2D eigenvalue weighted by atomic mass is 9.98. The Bertz CT molecular complexity index is 2980. The van der Waals surface area contributed by atoms with Crippen LogP contribution >= 0.6 is 0 Å². The zero-order valence-corrected chi connectivity index (χ0v) is 39.7. The molecule has 5 amide bonds. The summed E-state index contributed by atoms with van der Waals surface area (Å²) in [5, 5.41) is 36.6. The highest BCUT2D eigenvalue weighted by Gasteiger charge is 2.35. The molecular weight excluding hydrogens is 905 g/mol. The number of benzene rings is 4. The molecule has 0 aliphatic heterocycles. The number of nitrogens with two attached hydrogens (primary N) is 2. The number of unbranched alkanes of at least 4 members (excludes halogenated alkanes) is 1. The third-order valence-corrected chi connectivity index (χ3v) is 12.7. The Morgan fingerprint density at radius 2 is 0.930 bits per heavy atom. The number of carboxylic acids is 1. The Morgan fingerprint density at radius 1 is 0.521 bits per heavy atom. The maximum Gasteiger partial charge on any atom is 0.326 e. The van der Waals surface area contributed by atoms with Crippen molar-refractivity contribution in [1.29, 1.82) is 0 Å². The second-order valence-corrected chi connectivity index (χ2v) is 18.3. The van der Waals surface area contributed by atoms with Crippen molar-refractivity contribution in [3.05, 3.63) is 138 Å². The summed E-state index contributed by atoms with van der Waals surface area (Å²) in [6.07, 6.45) is 6.58. The number of para-hydroxylation sites is 3. The monoisotopic (exact) mass is 966 g/mol. The van der Waals surface area contributed by atoms with Gasteiger partial charge in [-0.15, -0.1) is 0 Å². The summed E-state index contributed by atoms with van der Waals surface area (Å²) in [4.78, 5) is 93.9. The van der Waals surface area contributed by atoms with Crippen molar-refractivity contribution >= 4 is 68.2 Å². The fraction of sp³-hybridized carbons (Fsp3) is 0.321. The van der Waals surface area contributed by atoms with Crippen LogP contribution in [0.15, 0.2) is 116 Å². The molecule has 6 atom stereocenters. The van der Waals surface area contributed by atoms with Crippen molar-refractivity contribution in [2.24, 2.45) is 17.4 Å². The second-order valence-electron chi connectivity index (χ2n) is 18.3. The molecule has 7 rings (SSSR count). The number of carbonyl (C=O) groups is 6. The van der Waals surface area contributed by atoms with E-state index in [1.54, 1.807) is 44.6 Å². The van der Waals surface area contributed by atoms with Gasteiger partial charge in [-0.1, -0.05) is 87.0 Å². The van der Waals surface area contributed by atoms with Gasteiger partial charge in [0.15, 0.2) is 0 Å². The van der Waals surface area contributed by atoms with E-state index in [9.17, 15) is 39.0 Å². The SMILES string of the molecule is CC(C)[C@H](NC(=O)[C@H](Cc1c[nH]c2ccccc12)NC(=O)[C@H](Cc1c[nH]c2ccccc12)NC(=O)[C@H](Cc1ccc(O)cc1)NC(=O)[C@@H](N)CCCCN)C(=O)N[C@@H](Cc1c[nH]c2ccccc12)C(=O)O. The van der Waals surface area contributed by atoms with Gasteiger partial charge in [-0.2, -0.15) is 0 Å². The van der Waals surface area contributed by atoms with Crippen LogP contribution in [-0.4, -0.2) is 103 Å². The number of carbonyl (C=O) groups excluding carboxylic acids is 5. The minimum atomic E-state index is -1.34. The number of rotatable bonds is 24. The average Bonchev–Trinajstić information content (AvgIpc) is 4.09. The molecule has 0 spiro atoms. The Morgan fingerprint density at radius 3 is 1.38 bits per heavy atom. The fourth-order valence-corrected chi connectivity index (χ4v) is 8.77. The van der Waals surface area contributed by atoms with Crippen molar-refractivity contribution in [2.75, 3.05) is 6.54 Å². The Balaban J connectivity index is 1.17. The Hall–Kier alpha value is -7.96. The molecule has 7 aromatic rings. The van der Waals surface area contributed by atoms with E-state index in [4.69, 9.17) is 11.5 Å². The van der Waals surface area contributed by atoms with E-state index in [2.05, 4.69) is 41.5 Å². The lowest BCUT2D eigenvalue weighted by Gasteiger charge is -2.28. The van der Waals surface area contributed by atoms with Crippen molar-refractivity contribution in [1.82, 2.24) is 41.5 Å². The molecule has 0 aliphatic carbocycles. The van der Waals surface area contributed by atoms with Gasteiger partial charge in [0, 0.05) is 77.0 Å². The molecule has 0 saturated carbocycles. The van der Waals surface area contributed by atoms with Gasteiger partial charge in [-0.05, 0) is 77.9 Å². The standard InChI is InChI=1S/C53H62N10O8/c1-30(2)47(52(69)62-46(53(70)71)26-34-29-58-42-17-8-5-13-38(34)42)63-51(68)45(25-33-28-57-41-16-7-4-12-37(33)41)61-50(67)44(24-32-27-56-40-15-6-3-11-36(32)40)60-49(66)43(23-31-18-20-35(64)21-19-31)59-48(65)39(55)14-9-10-22-54/h3-8,11-13,15-21,27-30,39,43-47,56-58,64H,9-10,14,22-26,54-55H2,1-2H3,(H,59,65)(H,60,66)(H,61,67)(H,62,69)(H,63,68)(H,70,71)/t39-,43-,44-,45-,46-,47-/m0/s1. The first-order valence-electron chi connectivity index (χ1n) is 23.8. The number of phenolic OH excluding ortho intramolecular Hbond substituents is 1. The van der Waals surface area contributed by atoms with E-state index in [0.29, 0.717) is 48.1 Å². The van der Waals surface area contributed by atoms with E-state index in [-0.39, 0.29) is 31.4 Å². The van der Waals surface area contributed by atoms with Crippen molar-refractivity contribution < 1.29 is 39.0 Å². The molecule has 3 aromatic heterocycles. The molecule has 0 unspecified atom stereocenters. The molecule has 18 heteroatoms. The van der Waals surface area contributed by atoms with Crippen LogP contribution in [0.3, 0.4) is 0 Å². The van der Waals surface area contributed by atoms with Gasteiger partial charge in [-0.25, -0.2) is 4.79 Å². The molecule has 71 heavy (non-hydrogen) atoms. The first-order chi connectivity index (χ1) is 34.2. The number of hydrogen-bond acceptors (Lipinski definition) is 9. The number of aromatic nitrogens is 3.